The fourth-order valence-electron chi connectivity index (χ4n) is 1.32. The van der Waals surface area contributed by atoms with Crippen LogP contribution in [0.1, 0.15) is 17.9 Å². The van der Waals surface area contributed by atoms with Crippen molar-refractivity contribution >= 4 is 28.8 Å². The zero-order valence-corrected chi connectivity index (χ0v) is 11.4. The lowest BCUT2D eigenvalue weighted by molar-refractivity contribution is -0.387. The van der Waals surface area contributed by atoms with E-state index in [0.717, 1.165) is 0 Å². The summed E-state index contributed by atoms with van der Waals surface area (Å²) in [7, 11) is 1.82. The van der Waals surface area contributed by atoms with Crippen LogP contribution in [0.3, 0.4) is 0 Å². The lowest BCUT2D eigenvalue weighted by Crippen LogP contribution is -1.90. The van der Waals surface area contributed by atoms with Gasteiger partial charge in [0.25, 0.3) is 5.69 Å². The molecule has 0 fully saturated rings. The van der Waals surface area contributed by atoms with Crippen molar-refractivity contribution in [2.24, 2.45) is 7.05 Å². The van der Waals surface area contributed by atoms with Crippen LogP contribution in [0.5, 0.6) is 0 Å². The van der Waals surface area contributed by atoms with Gasteiger partial charge in [0.1, 0.15) is 4.21 Å². The summed E-state index contributed by atoms with van der Waals surface area (Å²) in [5, 5.41) is 21.1. The number of hydrogen-bond donors (Lipinski definition) is 1. The van der Waals surface area contributed by atoms with Crippen molar-refractivity contribution in [2.45, 2.75) is 22.4 Å². The van der Waals surface area contributed by atoms with Crippen molar-refractivity contribution in [3.05, 3.63) is 33.5 Å². The SMILES string of the molecule is C[C@@H](O)c1cc([N+](=O)[O-])c(Sc2nccn2C)s1. The van der Waals surface area contributed by atoms with Gasteiger partial charge in [0, 0.05) is 30.4 Å². The molecule has 2 aromatic rings. The Balaban J connectivity index is 2.37. The fourth-order valence-corrected chi connectivity index (χ4v) is 3.52. The average Bonchev–Trinajstić information content (AvgIpc) is 2.87. The highest BCUT2D eigenvalue weighted by molar-refractivity contribution is 8.01. The van der Waals surface area contributed by atoms with Gasteiger partial charge in [0.05, 0.1) is 11.0 Å². The van der Waals surface area contributed by atoms with E-state index < -0.39 is 11.0 Å². The van der Waals surface area contributed by atoms with Crippen LogP contribution in [0, 0.1) is 10.1 Å². The molecule has 1 atom stereocenters. The molecule has 8 heteroatoms. The van der Waals surface area contributed by atoms with Crippen LogP contribution in [-0.4, -0.2) is 19.6 Å². The van der Waals surface area contributed by atoms with Gasteiger partial charge in [-0.25, -0.2) is 4.98 Å². The summed E-state index contributed by atoms with van der Waals surface area (Å²) >= 11 is 2.45. The van der Waals surface area contributed by atoms with Crippen molar-refractivity contribution in [3.8, 4) is 0 Å². The maximum atomic E-state index is 11.0. The van der Waals surface area contributed by atoms with E-state index in [0.29, 0.717) is 14.2 Å². The molecule has 18 heavy (non-hydrogen) atoms. The minimum absolute atomic E-state index is 0.0175. The maximum Gasteiger partial charge on any atom is 0.294 e. The maximum absolute atomic E-state index is 11.0. The van der Waals surface area contributed by atoms with Crippen molar-refractivity contribution in [3.63, 3.8) is 0 Å². The second kappa shape index (κ2) is 5.09. The van der Waals surface area contributed by atoms with Gasteiger partial charge in [-0.05, 0) is 18.7 Å². The normalized spacial score (nSPS) is 12.6. The molecule has 6 nitrogen and oxygen atoms in total. The molecular weight excluding hydrogens is 274 g/mol. The lowest BCUT2D eigenvalue weighted by Gasteiger charge is -1.98. The smallest absolute Gasteiger partial charge is 0.294 e. The summed E-state index contributed by atoms with van der Waals surface area (Å²) in [5.74, 6) is 0. The van der Waals surface area contributed by atoms with E-state index >= 15 is 0 Å². The summed E-state index contributed by atoms with van der Waals surface area (Å²) < 4.78 is 2.32. The molecule has 0 amide bonds. The number of aromatic nitrogens is 2. The predicted molar refractivity (Wildman–Crippen MR) is 68.9 cm³/mol. The zero-order valence-electron chi connectivity index (χ0n) is 9.73. The second-order valence-corrected chi connectivity index (χ2v) is 6.00. The molecule has 1 N–H and O–H groups in total. The molecule has 2 rings (SSSR count). The first kappa shape index (κ1) is 13.1. The van der Waals surface area contributed by atoms with E-state index in [-0.39, 0.29) is 5.69 Å². The van der Waals surface area contributed by atoms with E-state index in [1.165, 1.54) is 29.2 Å². The third-order valence-electron chi connectivity index (χ3n) is 2.27. The largest absolute Gasteiger partial charge is 0.388 e. The van der Waals surface area contributed by atoms with E-state index in [1.54, 1.807) is 23.9 Å². The van der Waals surface area contributed by atoms with Gasteiger partial charge in [0.2, 0.25) is 0 Å². The number of aliphatic hydroxyl groups is 1. The summed E-state index contributed by atoms with van der Waals surface area (Å²) in [6.45, 7) is 1.59. The van der Waals surface area contributed by atoms with E-state index in [2.05, 4.69) is 4.98 Å². The molecule has 0 saturated heterocycles. The summed E-state index contributed by atoms with van der Waals surface area (Å²) in [6, 6.07) is 1.42. The molecule has 0 aromatic carbocycles. The topological polar surface area (TPSA) is 81.2 Å². The van der Waals surface area contributed by atoms with Crippen LogP contribution in [0.25, 0.3) is 0 Å². The van der Waals surface area contributed by atoms with Gasteiger partial charge < -0.3 is 9.67 Å². The third-order valence-corrected chi connectivity index (χ3v) is 4.83. The molecule has 2 aromatic heterocycles. The first-order chi connectivity index (χ1) is 8.49. The first-order valence-corrected chi connectivity index (χ1v) is 6.73. The van der Waals surface area contributed by atoms with Crippen LogP contribution in [0.15, 0.2) is 27.8 Å². The molecule has 0 bridgehead atoms. The van der Waals surface area contributed by atoms with Crippen molar-refractivity contribution in [1.82, 2.24) is 9.55 Å². The van der Waals surface area contributed by atoms with Crippen molar-refractivity contribution in [1.29, 1.82) is 0 Å². The number of hydrogen-bond acceptors (Lipinski definition) is 6. The van der Waals surface area contributed by atoms with Crippen molar-refractivity contribution < 1.29 is 10.0 Å². The summed E-state index contributed by atoms with van der Waals surface area (Å²) in [5.41, 5.74) is 0.0175. The molecule has 0 radical (unpaired) electrons. The Labute approximate surface area is 111 Å². The monoisotopic (exact) mass is 285 g/mol. The van der Waals surface area contributed by atoms with E-state index in [4.69, 9.17) is 0 Å². The quantitative estimate of drug-likeness (QED) is 0.689. The third kappa shape index (κ3) is 2.55. The Morgan fingerprint density at radius 1 is 1.67 bits per heavy atom. The Morgan fingerprint density at radius 2 is 2.39 bits per heavy atom. The first-order valence-electron chi connectivity index (χ1n) is 5.10. The number of thiophene rings is 1. The molecule has 2 heterocycles. The summed E-state index contributed by atoms with van der Waals surface area (Å²) in [4.78, 5) is 15.2. The minimum Gasteiger partial charge on any atom is -0.388 e. The molecule has 96 valence electrons. The highest BCUT2D eigenvalue weighted by atomic mass is 32.2. The fraction of sp³-hybridized carbons (Fsp3) is 0.300. The zero-order chi connectivity index (χ0) is 13.3. The van der Waals surface area contributed by atoms with Crippen LogP contribution in [0.2, 0.25) is 0 Å². The number of nitro groups is 1. The molecule has 0 spiro atoms. The predicted octanol–water partition coefficient (Wildman–Crippen LogP) is 2.59. The van der Waals surface area contributed by atoms with Gasteiger partial charge in [0.15, 0.2) is 5.16 Å². The van der Waals surface area contributed by atoms with Gasteiger partial charge in [-0.15, -0.1) is 11.3 Å². The van der Waals surface area contributed by atoms with Crippen LogP contribution in [-0.2, 0) is 7.05 Å². The number of imidazole rings is 1. The molecule has 0 aliphatic heterocycles. The minimum atomic E-state index is -0.704. The average molecular weight is 285 g/mol. The van der Waals surface area contributed by atoms with Gasteiger partial charge >= 0.3 is 0 Å². The van der Waals surface area contributed by atoms with Crippen molar-refractivity contribution in [2.75, 3.05) is 0 Å². The molecule has 0 aliphatic rings. The van der Waals surface area contributed by atoms with Gasteiger partial charge in [-0.1, -0.05) is 0 Å². The van der Waals surface area contributed by atoms with Crippen LogP contribution >= 0.6 is 23.1 Å². The summed E-state index contributed by atoms with van der Waals surface area (Å²) in [6.07, 6.45) is 2.71. The Hall–Kier alpha value is -1.38. The Bertz CT molecular complexity index is 577. The van der Waals surface area contributed by atoms with Gasteiger partial charge in [-0.3, -0.25) is 10.1 Å². The highest BCUT2D eigenvalue weighted by Crippen LogP contribution is 2.42. The number of aryl methyl sites for hydroxylation is 1. The van der Waals surface area contributed by atoms with E-state index in [1.807, 2.05) is 7.05 Å². The lowest BCUT2D eigenvalue weighted by atomic mass is 10.3. The Kier molecular flexibility index (Phi) is 3.69. The Morgan fingerprint density at radius 3 is 2.89 bits per heavy atom. The van der Waals surface area contributed by atoms with Crippen LogP contribution in [0.4, 0.5) is 5.69 Å². The number of nitrogens with zero attached hydrogens (tertiary/aromatic N) is 3. The molecular formula is C10H11N3O3S2. The molecule has 0 unspecified atom stereocenters. The van der Waals surface area contributed by atoms with Gasteiger partial charge in [-0.2, -0.15) is 0 Å². The second-order valence-electron chi connectivity index (χ2n) is 3.68. The highest BCUT2D eigenvalue weighted by Gasteiger charge is 2.22. The molecule has 0 saturated carbocycles. The number of rotatable bonds is 4. The molecule has 0 aliphatic carbocycles. The standard InChI is InChI=1S/C10H11N3O3S2/c1-6(14)8-5-7(13(15)16)9(17-8)18-10-11-3-4-12(10)2/h3-6,14H,1-2H3/t6-/m1/s1. The number of aliphatic hydroxyl groups excluding tert-OH is 1. The van der Waals surface area contributed by atoms with Crippen LogP contribution < -0.4 is 0 Å². The van der Waals surface area contributed by atoms with E-state index in [9.17, 15) is 15.2 Å².